The van der Waals surface area contributed by atoms with Gasteiger partial charge in [0.15, 0.2) is 0 Å². The minimum Gasteiger partial charge on any atom is -0.344 e. The fraction of sp³-hybridized carbons (Fsp3) is 1.00. The van der Waals surface area contributed by atoms with Crippen molar-refractivity contribution in [1.29, 1.82) is 0 Å². The van der Waals surface area contributed by atoms with Crippen molar-refractivity contribution < 1.29 is 83.1 Å². The molecule has 0 amide bonds. The van der Waals surface area contributed by atoms with Crippen molar-refractivity contribution in [2.45, 2.75) is 401 Å². The third kappa shape index (κ3) is 235000. The Morgan fingerprint density at radius 2 is 0.0648 bits per heavy atom. The maximum atomic E-state index is 5.75. The summed E-state index contributed by atoms with van der Waals surface area (Å²) in [5, 5.41) is 0. The molecule has 0 aliphatic rings. The molecule has 0 aromatic heterocycles. The Bertz CT molecular complexity index is 264. The van der Waals surface area contributed by atoms with Crippen LogP contribution in [-0.4, -0.2) is 0 Å². The van der Waals surface area contributed by atoms with Gasteiger partial charge in [-0.15, -0.1) is 0 Å². The summed E-state index contributed by atoms with van der Waals surface area (Å²) in [6.45, 7) is 0. The minimum atomic E-state index is 0. The molecule has 864 valence electrons. The third-order valence-electron chi connectivity index (χ3n) is 0. The molecule has 0 saturated carbocycles. The molecule has 108 heavy (non-hydrogen) atoms. The lowest BCUT2D eigenvalue weighted by molar-refractivity contribution is 2.13. The summed E-state index contributed by atoms with van der Waals surface area (Å²) in [7, 11) is 6.25. The topological polar surface area (TPSA) is 1890 Å². The summed E-state index contributed by atoms with van der Waals surface area (Å²) in [5.74, 6) is 0. The van der Waals surface area contributed by atoms with Gasteiger partial charge >= 0.3 is 0 Å². The van der Waals surface area contributed by atoms with E-state index in [4.69, 9.17) is 83.1 Å². The van der Waals surface area contributed by atoms with Gasteiger partial charge < -0.3 is 332 Å². The van der Waals surface area contributed by atoms with Crippen LogP contribution in [0.5, 0.6) is 0 Å². The molecule has 0 aliphatic carbocycles. The molecule has 0 saturated heterocycles. The van der Waals surface area contributed by atoms with Gasteiger partial charge in [-0.25, -0.2) is 0 Å². The minimum absolute atomic E-state index is 0. The molecule has 0 unspecified atom stereocenters. The fourth-order valence-electron chi connectivity index (χ4n) is 0. The predicted molar refractivity (Wildman–Crippen MR) is 635 cm³/mol. The number of hydrogen-bond acceptors (Lipinski definition) is 54. The molecule has 0 rings (SSSR count). The van der Waals surface area contributed by atoms with Crippen molar-refractivity contribution >= 4 is 0 Å². The van der Waals surface area contributed by atoms with Crippen molar-refractivity contribution in [3.8, 4) is 0 Å². The van der Waals surface area contributed by atoms with Crippen LogP contribution in [0.15, 0.2) is 0 Å². The van der Waals surface area contributed by atoms with Crippen LogP contribution in [0.2, 0.25) is 76.2 Å². The molecule has 0 radical (unpaired) electrons. The molecule has 0 fully saturated rings. The SMILES string of the molecule is C.C.C.C.C.C.C.C.C.C.C.C.C.C.C.C.C.C.C.C.C.C.C.C.C.C.C.C.C.C.C.C.C.C.C.C.C.C.C.C.C.C.C.C.C.C.C.C.C.[2H]N.[2H]N.[2H]N.[2H]N.[2H]N.[2H]N.[2H]N.[2H]N.[2H]N.[2H]N.[2H]N.[2H]N.[2H]N.[2H]N.[2H]N.[2H]N.[2H]N.[2H]N.[2H]N.[2H]N.[2H]N.[2H]N.[2H]N.[2H]N.[2H]N.[2H]N.[2H]N.[2H]N.[2H]N.[2H]N.[2H]N.[2H]N.[2H]N.[2H]N.[2H]N.[2H]N.[2H]N.[2H]N.[2H]N.[2H]N.[2H]N.[2H]N.[2H]N.[2H]N.[2H]N.[2H]N.[2H]N.[2H]N.[2H]N.[2H]N.[3H]C.[3H]C.[3H]C.[3H]C.[3H]C.[3H]N.[3H]N.[3H]N.[3H]N. The van der Waals surface area contributed by atoms with Gasteiger partial charge in [-0.1, -0.05) is 401 Å². The van der Waals surface area contributed by atoms with Crippen molar-refractivity contribution in [2.75, 3.05) is 0 Å². The van der Waals surface area contributed by atoms with E-state index in [2.05, 4.69) is 332 Å². The molecular weight excluding hydrogens is 1400 g/mol. The first kappa shape index (κ1) is 360. The molecule has 54 heteroatoms. The van der Waals surface area contributed by atoms with Crippen LogP contribution in [0.3, 0.4) is 0 Å². The van der Waals surface area contributed by atoms with Crippen molar-refractivity contribution in [3.63, 3.8) is 0 Å². The lowest BCUT2D eigenvalue weighted by atomic mass is 12.0. The van der Waals surface area contributed by atoms with Crippen molar-refractivity contribution in [2.24, 2.45) is 0 Å². The maximum Gasteiger partial charge on any atom is 0.115 e. The molecule has 0 spiro atoms. The third-order valence-corrected chi connectivity index (χ3v) is 0. The van der Waals surface area contributed by atoms with E-state index < -0.39 is 0 Å². The van der Waals surface area contributed by atoms with E-state index in [-0.39, 0.29) is 364 Å². The Kier molecular flexibility index (Phi) is 808000. The van der Waals surface area contributed by atoms with Gasteiger partial charge in [-0.3, -0.25) is 0 Å². The average Bonchev–Trinajstić information content (AvgIpc) is 3.99. The zero-order valence-corrected chi connectivity index (χ0v) is 36.2. The maximum absolute atomic E-state index is 5.75. The second-order valence-corrected chi connectivity index (χ2v) is 0. The summed E-state index contributed by atoms with van der Waals surface area (Å²) in [4.78, 5) is 0. The van der Waals surface area contributed by atoms with Crippen LogP contribution in [-0.2, 0) is 0 Å². The summed E-state index contributed by atoms with van der Waals surface area (Å²) in [5.41, 5.74) is 0. The highest BCUT2D eigenvalue weighted by atomic mass is 14.1. The van der Waals surface area contributed by atoms with Gasteiger partial charge in [-0.2, -0.15) is 0 Å². The van der Waals surface area contributed by atoms with Crippen molar-refractivity contribution in [1.82, 2.24) is 332 Å². The molecule has 0 heterocycles. The highest BCUT2D eigenvalue weighted by Gasteiger charge is -0.0140. The summed E-state index contributed by atoms with van der Waals surface area (Å²) >= 11 is 0. The van der Waals surface area contributed by atoms with E-state index >= 15 is 0 Å². The van der Waals surface area contributed by atoms with E-state index in [1.54, 1.807) is 0 Å². The van der Waals surface area contributed by atoms with E-state index in [1.165, 1.54) is 37.0 Å². The van der Waals surface area contributed by atoms with Gasteiger partial charge in [0.2, 0.25) is 0 Å². The van der Waals surface area contributed by atoms with Crippen LogP contribution >= 0.6 is 0 Å². The monoisotopic (exact) mass is 1850 g/mol. The first-order chi connectivity index (χ1) is 59.0. The number of hydrogen-bond donors (Lipinski definition) is 54. The molecular formula is C54H378N54. The first-order valence-electron chi connectivity index (χ1n) is 36.2. The van der Waals surface area contributed by atoms with Crippen LogP contribution in [0.1, 0.15) is 408 Å². The van der Waals surface area contributed by atoms with Gasteiger partial charge in [0.25, 0.3) is 0 Å². The number of rotatable bonds is 0. The summed E-state index contributed by atoms with van der Waals surface area (Å²) in [6.07, 6.45) is 202. The largest absolute Gasteiger partial charge is 0.344 e. The Hall–Kier alpha value is -2.16. The van der Waals surface area contributed by atoms with Crippen LogP contribution in [0.4, 0.5) is 0 Å². The quantitative estimate of drug-likeness (QED) is 0.107. The molecule has 0 aromatic rings. The van der Waals surface area contributed by atoms with E-state index in [9.17, 15) is 0 Å². The molecule has 0 aliphatic heterocycles. The Morgan fingerprint density at radius 1 is 0.0648 bits per heavy atom. The highest BCUT2D eigenvalue weighted by molar-refractivity contribution is 2.56. The van der Waals surface area contributed by atoms with E-state index in [0.717, 1.165) is 0 Å². The second-order valence-electron chi connectivity index (χ2n) is 0. The first-order valence-corrected chi connectivity index (χ1v) is 0. The van der Waals surface area contributed by atoms with E-state index in [1.807, 2.05) is 0 Å². The Morgan fingerprint density at radius 3 is 0.0648 bits per heavy atom. The smallest absolute Gasteiger partial charge is 0.115 e. The Balaban J connectivity index is -0.00000000199. The van der Waals surface area contributed by atoms with Gasteiger partial charge in [-0.05, 0) is 0 Å². The van der Waals surface area contributed by atoms with Crippen LogP contribution in [0, 0.1) is 0 Å². The zero-order chi connectivity index (χ0) is 118. The van der Waals surface area contributed by atoms with Gasteiger partial charge in [0.1, 0.15) is 76.2 Å². The average molecular weight is 1850 g/mol. The molecule has 0 atom stereocenters. The molecule has 162 N–H and O–H groups in total. The standard InChI is InChI=1S/54CH4.54H3N/h54*1H4;54*1H3/i5*1T;;;;;;;;;;;;;;;;;;;;;;;;;;;;;;;;;;;;;;;;;;;;;;;;;;;;;;;;;;;;;;;;;;;;;;;;;;;;;;;;;;;;;;;;;;;;;;;;;;;;;;;/hT4D50. The summed E-state index contributed by atoms with van der Waals surface area (Å²) in [6, 6.07) is 0. The summed E-state index contributed by atoms with van der Waals surface area (Å²) < 4.78 is 312. The fourth-order valence-corrected chi connectivity index (χ4v) is 0. The van der Waals surface area contributed by atoms with Crippen LogP contribution < -0.4 is 332 Å². The lowest BCUT2D eigenvalue weighted by Gasteiger charge is -0.345. The van der Waals surface area contributed by atoms with Crippen molar-refractivity contribution in [3.05, 3.63) is 0 Å². The predicted octanol–water partition coefficient (Wildman–Crippen LogP) is 43.1. The van der Waals surface area contributed by atoms with Crippen LogP contribution in [0.25, 0.3) is 0 Å². The molecule has 0 aromatic carbocycles. The lowest BCUT2D eigenvalue weighted by Crippen LogP contribution is -0.482. The molecule has 0 bridgehead atoms. The van der Waals surface area contributed by atoms with Gasteiger partial charge in [0.05, 0.1) is 0 Å². The normalized spacial score (nSPS) is 3.82. The molecule has 54 nitrogen and oxygen atoms in total. The van der Waals surface area contributed by atoms with E-state index in [0.29, 0.717) is 0 Å². The zero-order valence-electron chi connectivity index (χ0n) is 95.2. The Labute approximate surface area is 817 Å². The second kappa shape index (κ2) is 242000. The highest BCUT2D eigenvalue weighted by Crippen LogP contribution is 0.202. The van der Waals surface area contributed by atoms with Gasteiger partial charge in [0, 0.05) is 6.85 Å².